The molecule has 0 radical (unpaired) electrons. The molecule has 3 aromatic rings. The van der Waals surface area contributed by atoms with Crippen molar-refractivity contribution in [2.75, 3.05) is 31.7 Å². The van der Waals surface area contributed by atoms with Crippen LogP contribution in [-0.4, -0.2) is 62.2 Å². The Morgan fingerprint density at radius 2 is 1.48 bits per heavy atom. The predicted octanol–water partition coefficient (Wildman–Crippen LogP) is 3.11. The molecule has 3 aromatic carbocycles. The zero-order chi connectivity index (χ0) is 24.0. The van der Waals surface area contributed by atoms with Gasteiger partial charge in [-0.05, 0) is 30.7 Å². The molecule has 0 bridgehead atoms. The second kappa shape index (κ2) is 10.8. The molecule has 3 rings (SSSR count). The van der Waals surface area contributed by atoms with Crippen LogP contribution in [0, 0.1) is 0 Å². The SMILES string of the molecule is CCC(O)COc1cccc(OCC(O)CN(C)c2ccc(S(=O)(=O)O)c3ccccc23)c1. The maximum absolute atomic E-state index is 11.7. The Balaban J connectivity index is 1.65. The van der Waals surface area contributed by atoms with Gasteiger partial charge in [0, 0.05) is 36.1 Å². The van der Waals surface area contributed by atoms with Crippen LogP contribution in [0.1, 0.15) is 13.3 Å². The van der Waals surface area contributed by atoms with Crippen molar-refractivity contribution in [1.82, 2.24) is 0 Å². The minimum atomic E-state index is -4.36. The molecule has 2 unspecified atom stereocenters. The fourth-order valence-electron chi connectivity index (χ4n) is 3.44. The van der Waals surface area contributed by atoms with Gasteiger partial charge in [-0.2, -0.15) is 8.42 Å². The number of likely N-dealkylation sites (N-methyl/N-ethyl adjacent to an activating group) is 1. The molecule has 0 amide bonds. The summed E-state index contributed by atoms with van der Waals surface area (Å²) in [5, 5.41) is 21.2. The summed E-state index contributed by atoms with van der Waals surface area (Å²) in [6.07, 6.45) is -0.764. The van der Waals surface area contributed by atoms with Crippen molar-refractivity contribution >= 4 is 26.6 Å². The van der Waals surface area contributed by atoms with Crippen LogP contribution in [0.3, 0.4) is 0 Å². The van der Waals surface area contributed by atoms with Gasteiger partial charge < -0.3 is 24.6 Å². The van der Waals surface area contributed by atoms with E-state index in [0.717, 1.165) is 0 Å². The topological polar surface area (TPSA) is 117 Å². The summed E-state index contributed by atoms with van der Waals surface area (Å²) < 4.78 is 44.2. The average Bonchev–Trinajstić information content (AvgIpc) is 2.80. The van der Waals surface area contributed by atoms with Crippen molar-refractivity contribution in [3.8, 4) is 11.5 Å². The first-order chi connectivity index (χ1) is 15.7. The Morgan fingerprint density at radius 3 is 2.09 bits per heavy atom. The van der Waals surface area contributed by atoms with Gasteiger partial charge in [0.1, 0.15) is 35.7 Å². The van der Waals surface area contributed by atoms with Crippen LogP contribution in [0.5, 0.6) is 11.5 Å². The first-order valence-corrected chi connectivity index (χ1v) is 12.0. The zero-order valence-corrected chi connectivity index (χ0v) is 19.4. The number of benzene rings is 3. The summed E-state index contributed by atoms with van der Waals surface area (Å²) in [6, 6.07) is 16.8. The molecule has 0 heterocycles. The molecule has 0 aliphatic heterocycles. The molecular formula is C24H29NO7S. The Bertz CT molecular complexity index is 1180. The van der Waals surface area contributed by atoms with Crippen LogP contribution < -0.4 is 14.4 Å². The maximum Gasteiger partial charge on any atom is 0.295 e. The summed E-state index contributed by atoms with van der Waals surface area (Å²) in [5.74, 6) is 1.10. The van der Waals surface area contributed by atoms with Gasteiger partial charge >= 0.3 is 0 Å². The number of rotatable bonds is 11. The van der Waals surface area contributed by atoms with Crippen molar-refractivity contribution < 1.29 is 32.7 Å². The van der Waals surface area contributed by atoms with E-state index in [2.05, 4.69) is 0 Å². The highest BCUT2D eigenvalue weighted by atomic mass is 32.2. The first kappa shape index (κ1) is 24.8. The van der Waals surface area contributed by atoms with Crippen molar-refractivity contribution in [1.29, 1.82) is 0 Å². The van der Waals surface area contributed by atoms with E-state index in [1.807, 2.05) is 6.92 Å². The van der Waals surface area contributed by atoms with Crippen LogP contribution in [0.15, 0.2) is 65.6 Å². The van der Waals surface area contributed by atoms with Gasteiger partial charge in [-0.25, -0.2) is 0 Å². The number of aliphatic hydroxyl groups is 2. The molecule has 0 saturated heterocycles. The maximum atomic E-state index is 11.7. The third kappa shape index (κ3) is 6.58. The van der Waals surface area contributed by atoms with E-state index in [4.69, 9.17) is 9.47 Å². The Kier molecular flexibility index (Phi) is 8.15. The van der Waals surface area contributed by atoms with Crippen molar-refractivity contribution in [2.45, 2.75) is 30.4 Å². The molecule has 9 heteroatoms. The molecular weight excluding hydrogens is 446 g/mol. The smallest absolute Gasteiger partial charge is 0.295 e. The van der Waals surface area contributed by atoms with Crippen molar-refractivity contribution in [3.05, 3.63) is 60.7 Å². The van der Waals surface area contributed by atoms with E-state index in [9.17, 15) is 23.2 Å². The third-order valence-electron chi connectivity index (χ3n) is 5.20. The van der Waals surface area contributed by atoms with Crippen LogP contribution in [0.25, 0.3) is 10.8 Å². The quantitative estimate of drug-likeness (QED) is 0.362. The fraction of sp³-hybridized carbons (Fsp3) is 0.333. The monoisotopic (exact) mass is 475 g/mol. The second-order valence-corrected chi connectivity index (χ2v) is 9.19. The largest absolute Gasteiger partial charge is 0.491 e. The lowest BCUT2D eigenvalue weighted by molar-refractivity contribution is 0.103. The van der Waals surface area contributed by atoms with Gasteiger partial charge in [0.2, 0.25) is 0 Å². The van der Waals surface area contributed by atoms with Crippen LogP contribution in [-0.2, 0) is 10.1 Å². The Hall–Kier alpha value is -2.85. The van der Waals surface area contributed by atoms with E-state index >= 15 is 0 Å². The Labute approximate surface area is 193 Å². The normalized spacial score (nSPS) is 13.5. The van der Waals surface area contributed by atoms with E-state index in [-0.39, 0.29) is 24.7 Å². The number of nitrogens with zero attached hydrogens (tertiary/aromatic N) is 1. The average molecular weight is 476 g/mol. The molecule has 3 N–H and O–H groups in total. The zero-order valence-electron chi connectivity index (χ0n) is 18.6. The highest BCUT2D eigenvalue weighted by Crippen LogP contribution is 2.31. The molecule has 0 aliphatic carbocycles. The summed E-state index contributed by atoms with van der Waals surface area (Å²) in [4.78, 5) is 1.64. The fourth-order valence-corrected chi connectivity index (χ4v) is 4.13. The predicted molar refractivity (Wildman–Crippen MR) is 127 cm³/mol. The Morgan fingerprint density at radius 1 is 0.879 bits per heavy atom. The standard InChI is InChI=1S/C24H29NO7S/c1-3-17(26)15-31-19-7-6-8-20(13-19)32-16-18(27)14-25(2)23-11-12-24(33(28,29)30)22-10-5-4-9-21(22)23/h4-13,17-18,26-27H,3,14-16H2,1-2H3,(H,28,29,30). The summed E-state index contributed by atoms with van der Waals surface area (Å²) in [6.45, 7) is 2.33. The van der Waals surface area contributed by atoms with Crippen LogP contribution >= 0.6 is 0 Å². The highest BCUT2D eigenvalue weighted by Gasteiger charge is 2.18. The molecule has 0 fully saturated rings. The molecule has 2 atom stereocenters. The lowest BCUT2D eigenvalue weighted by Crippen LogP contribution is -2.33. The molecule has 178 valence electrons. The van der Waals surface area contributed by atoms with E-state index in [1.165, 1.54) is 6.07 Å². The molecule has 33 heavy (non-hydrogen) atoms. The molecule has 0 aromatic heterocycles. The molecule has 0 saturated carbocycles. The van der Waals surface area contributed by atoms with Gasteiger partial charge in [-0.15, -0.1) is 0 Å². The number of hydrogen-bond donors (Lipinski definition) is 3. The van der Waals surface area contributed by atoms with Gasteiger partial charge in [0.15, 0.2) is 0 Å². The molecule has 8 nitrogen and oxygen atoms in total. The van der Waals surface area contributed by atoms with E-state index in [0.29, 0.717) is 34.4 Å². The lowest BCUT2D eigenvalue weighted by atomic mass is 10.1. The van der Waals surface area contributed by atoms with Crippen molar-refractivity contribution in [3.63, 3.8) is 0 Å². The first-order valence-electron chi connectivity index (χ1n) is 10.6. The van der Waals surface area contributed by atoms with Gasteiger partial charge in [0.05, 0.1) is 6.10 Å². The second-order valence-electron chi connectivity index (χ2n) is 7.80. The number of aliphatic hydroxyl groups excluding tert-OH is 2. The minimum Gasteiger partial charge on any atom is -0.491 e. The molecule has 0 aliphatic rings. The van der Waals surface area contributed by atoms with Gasteiger partial charge in [-0.3, -0.25) is 4.55 Å². The summed E-state index contributed by atoms with van der Waals surface area (Å²) in [5.41, 5.74) is 0.710. The summed E-state index contributed by atoms with van der Waals surface area (Å²) >= 11 is 0. The van der Waals surface area contributed by atoms with Gasteiger partial charge in [0.25, 0.3) is 10.1 Å². The number of hydrogen-bond acceptors (Lipinski definition) is 7. The summed E-state index contributed by atoms with van der Waals surface area (Å²) in [7, 11) is -2.58. The third-order valence-corrected chi connectivity index (χ3v) is 6.11. The number of ether oxygens (including phenoxy) is 2. The number of fused-ring (bicyclic) bond motifs is 1. The van der Waals surface area contributed by atoms with Crippen molar-refractivity contribution in [2.24, 2.45) is 0 Å². The van der Waals surface area contributed by atoms with E-state index < -0.39 is 22.3 Å². The number of anilines is 1. The van der Waals surface area contributed by atoms with Crippen LogP contribution in [0.2, 0.25) is 0 Å². The van der Waals surface area contributed by atoms with Crippen LogP contribution in [0.4, 0.5) is 5.69 Å². The lowest BCUT2D eigenvalue weighted by Gasteiger charge is -2.25. The minimum absolute atomic E-state index is 0.0341. The molecule has 0 spiro atoms. The highest BCUT2D eigenvalue weighted by molar-refractivity contribution is 7.86. The van der Waals surface area contributed by atoms with E-state index in [1.54, 1.807) is 66.5 Å². The van der Waals surface area contributed by atoms with Gasteiger partial charge in [-0.1, -0.05) is 37.3 Å².